The molecule has 0 aliphatic carbocycles. The fourth-order valence-corrected chi connectivity index (χ4v) is 1.44. The molecule has 0 aliphatic heterocycles. The largest absolute Gasteiger partial charge is 0.506 e. The lowest BCUT2D eigenvalue weighted by atomic mass is 10.1. The van der Waals surface area contributed by atoms with Crippen LogP contribution >= 0.6 is 0 Å². The maximum absolute atomic E-state index is 12.8. The zero-order valence-electron chi connectivity index (χ0n) is 7.79. The molecule has 1 aromatic carbocycles. The molecule has 0 radical (unpaired) electrons. The lowest BCUT2D eigenvalue weighted by Crippen LogP contribution is -1.89. The molecule has 72 valence electrons. The van der Waals surface area contributed by atoms with Crippen LogP contribution in [0.15, 0.2) is 24.3 Å². The number of rotatable bonds is 1. The van der Waals surface area contributed by atoms with E-state index < -0.39 is 0 Å². The van der Waals surface area contributed by atoms with Crippen molar-refractivity contribution < 1.29 is 9.50 Å². The summed E-state index contributed by atoms with van der Waals surface area (Å²) in [6.45, 7) is 1.91. The topological polar surface area (TPSA) is 33.1 Å². The summed E-state index contributed by atoms with van der Waals surface area (Å²) in [5.74, 6) is -0.187. The van der Waals surface area contributed by atoms with Gasteiger partial charge in [0.2, 0.25) is 0 Å². The van der Waals surface area contributed by atoms with E-state index in [9.17, 15) is 9.50 Å². The fourth-order valence-electron chi connectivity index (χ4n) is 1.44. The quantitative estimate of drug-likeness (QED) is 0.751. The van der Waals surface area contributed by atoms with Crippen molar-refractivity contribution in [2.24, 2.45) is 0 Å². The van der Waals surface area contributed by atoms with E-state index in [4.69, 9.17) is 0 Å². The van der Waals surface area contributed by atoms with Gasteiger partial charge in [-0.05, 0) is 30.7 Å². The molecule has 0 amide bonds. The molecule has 2 rings (SSSR count). The lowest BCUT2D eigenvalue weighted by Gasteiger charge is -2.03. The summed E-state index contributed by atoms with van der Waals surface area (Å²) >= 11 is 0. The Hall–Kier alpha value is -1.64. The van der Waals surface area contributed by atoms with Crippen LogP contribution in [0, 0.1) is 5.82 Å². The van der Waals surface area contributed by atoms with E-state index in [1.165, 1.54) is 12.1 Å². The minimum absolute atomic E-state index is 0.130. The van der Waals surface area contributed by atoms with Gasteiger partial charge >= 0.3 is 0 Å². The van der Waals surface area contributed by atoms with Gasteiger partial charge in [0.05, 0.1) is 11.2 Å². The standard InChI is InChI=1S/C11H10FNO/c1-2-9-11(14)6-7-5-8(12)3-4-10(7)13-9/h3-6,14H,2H2,1H3. The minimum atomic E-state index is -0.317. The SMILES string of the molecule is CCc1nc2ccc(F)cc2cc1O. The lowest BCUT2D eigenvalue weighted by molar-refractivity contribution is 0.466. The Morgan fingerprint density at radius 1 is 1.36 bits per heavy atom. The Bertz CT molecular complexity index is 482. The van der Waals surface area contributed by atoms with Crippen LogP contribution in [0.4, 0.5) is 4.39 Å². The normalized spacial score (nSPS) is 10.7. The van der Waals surface area contributed by atoms with Crippen molar-refractivity contribution >= 4 is 10.9 Å². The van der Waals surface area contributed by atoms with Crippen molar-refractivity contribution in [1.82, 2.24) is 4.98 Å². The van der Waals surface area contributed by atoms with Crippen LogP contribution in [0.1, 0.15) is 12.6 Å². The molecule has 1 heterocycles. The fraction of sp³-hybridized carbons (Fsp3) is 0.182. The average molecular weight is 191 g/mol. The molecule has 2 aromatic rings. The molecule has 0 spiro atoms. The second kappa shape index (κ2) is 3.25. The highest BCUT2D eigenvalue weighted by molar-refractivity contribution is 5.80. The minimum Gasteiger partial charge on any atom is -0.506 e. The number of nitrogens with zero attached hydrogens (tertiary/aromatic N) is 1. The van der Waals surface area contributed by atoms with E-state index in [1.807, 2.05) is 6.92 Å². The Balaban J connectivity index is 2.73. The summed E-state index contributed by atoms with van der Waals surface area (Å²) < 4.78 is 12.8. The summed E-state index contributed by atoms with van der Waals surface area (Å²) in [6.07, 6.45) is 0.666. The van der Waals surface area contributed by atoms with E-state index in [1.54, 1.807) is 12.1 Å². The van der Waals surface area contributed by atoms with Gasteiger partial charge in [0.25, 0.3) is 0 Å². The van der Waals surface area contributed by atoms with Crippen molar-refractivity contribution in [3.63, 3.8) is 0 Å². The molecule has 0 saturated carbocycles. The molecule has 1 aromatic heterocycles. The number of aromatic nitrogens is 1. The highest BCUT2D eigenvalue weighted by Crippen LogP contribution is 2.22. The first-order valence-electron chi connectivity index (χ1n) is 4.49. The van der Waals surface area contributed by atoms with E-state index in [-0.39, 0.29) is 11.6 Å². The van der Waals surface area contributed by atoms with E-state index in [0.29, 0.717) is 23.0 Å². The van der Waals surface area contributed by atoms with Crippen LogP contribution in [0.5, 0.6) is 5.75 Å². The first kappa shape index (κ1) is 8.94. The van der Waals surface area contributed by atoms with E-state index >= 15 is 0 Å². The molecule has 1 N–H and O–H groups in total. The third-order valence-electron chi connectivity index (χ3n) is 2.17. The van der Waals surface area contributed by atoms with E-state index in [2.05, 4.69) is 4.98 Å². The molecule has 0 atom stereocenters. The van der Waals surface area contributed by atoms with Crippen LogP contribution in [0.3, 0.4) is 0 Å². The predicted octanol–water partition coefficient (Wildman–Crippen LogP) is 2.64. The van der Waals surface area contributed by atoms with Crippen LogP contribution in [-0.2, 0) is 6.42 Å². The van der Waals surface area contributed by atoms with Crippen LogP contribution in [-0.4, -0.2) is 10.1 Å². The molecule has 0 aliphatic rings. The van der Waals surface area contributed by atoms with Crippen molar-refractivity contribution in [1.29, 1.82) is 0 Å². The van der Waals surface area contributed by atoms with Gasteiger partial charge in [-0.15, -0.1) is 0 Å². The smallest absolute Gasteiger partial charge is 0.137 e. The summed E-state index contributed by atoms with van der Waals surface area (Å²) in [5.41, 5.74) is 1.35. The van der Waals surface area contributed by atoms with Crippen molar-refractivity contribution in [3.8, 4) is 5.75 Å². The van der Waals surface area contributed by atoms with E-state index in [0.717, 1.165) is 0 Å². The molecule has 14 heavy (non-hydrogen) atoms. The number of pyridine rings is 1. The summed E-state index contributed by atoms with van der Waals surface area (Å²) in [5, 5.41) is 10.1. The average Bonchev–Trinajstić information content (AvgIpc) is 2.16. The van der Waals surface area contributed by atoms with Crippen molar-refractivity contribution in [2.75, 3.05) is 0 Å². The third kappa shape index (κ3) is 1.41. The van der Waals surface area contributed by atoms with Gasteiger partial charge in [0.1, 0.15) is 11.6 Å². The van der Waals surface area contributed by atoms with Crippen LogP contribution < -0.4 is 0 Å². The van der Waals surface area contributed by atoms with Crippen molar-refractivity contribution in [3.05, 3.63) is 35.8 Å². The Morgan fingerprint density at radius 2 is 2.14 bits per heavy atom. The molecule has 0 saturated heterocycles. The van der Waals surface area contributed by atoms with Crippen LogP contribution in [0.25, 0.3) is 10.9 Å². The highest BCUT2D eigenvalue weighted by Gasteiger charge is 2.04. The van der Waals surface area contributed by atoms with Gasteiger partial charge in [0, 0.05) is 5.39 Å². The maximum Gasteiger partial charge on any atom is 0.137 e. The number of benzene rings is 1. The monoisotopic (exact) mass is 191 g/mol. The van der Waals surface area contributed by atoms with Gasteiger partial charge in [0.15, 0.2) is 0 Å². The Morgan fingerprint density at radius 3 is 2.86 bits per heavy atom. The van der Waals surface area contributed by atoms with Gasteiger partial charge in [-0.25, -0.2) is 9.37 Å². The maximum atomic E-state index is 12.8. The Kier molecular flexibility index (Phi) is 2.08. The second-order valence-electron chi connectivity index (χ2n) is 3.14. The summed E-state index contributed by atoms with van der Waals surface area (Å²) in [4.78, 5) is 4.22. The summed E-state index contributed by atoms with van der Waals surface area (Å²) in [6, 6.07) is 5.89. The van der Waals surface area contributed by atoms with Gasteiger partial charge in [-0.3, -0.25) is 0 Å². The first-order valence-corrected chi connectivity index (χ1v) is 4.49. The number of aryl methyl sites for hydroxylation is 1. The van der Waals surface area contributed by atoms with Gasteiger partial charge < -0.3 is 5.11 Å². The molecule has 0 bridgehead atoms. The third-order valence-corrected chi connectivity index (χ3v) is 2.17. The van der Waals surface area contributed by atoms with Gasteiger partial charge in [-0.2, -0.15) is 0 Å². The Labute approximate surface area is 81.0 Å². The first-order chi connectivity index (χ1) is 6.70. The molecular weight excluding hydrogens is 181 g/mol. The zero-order valence-corrected chi connectivity index (χ0v) is 7.79. The van der Waals surface area contributed by atoms with Crippen molar-refractivity contribution in [2.45, 2.75) is 13.3 Å². The molecular formula is C11H10FNO. The number of halogens is 1. The molecule has 3 heteroatoms. The number of aromatic hydroxyl groups is 1. The van der Waals surface area contributed by atoms with Crippen LogP contribution in [0.2, 0.25) is 0 Å². The zero-order chi connectivity index (χ0) is 10.1. The predicted molar refractivity (Wildman–Crippen MR) is 52.7 cm³/mol. The molecule has 0 fully saturated rings. The highest BCUT2D eigenvalue weighted by atomic mass is 19.1. The van der Waals surface area contributed by atoms with Gasteiger partial charge in [-0.1, -0.05) is 6.92 Å². The molecule has 2 nitrogen and oxygen atoms in total. The number of hydrogen-bond donors (Lipinski definition) is 1. The number of hydrogen-bond acceptors (Lipinski definition) is 2. The second-order valence-corrected chi connectivity index (χ2v) is 3.14. The summed E-state index contributed by atoms with van der Waals surface area (Å²) in [7, 11) is 0. The molecule has 0 unspecified atom stereocenters. The number of fused-ring (bicyclic) bond motifs is 1.